The van der Waals surface area contributed by atoms with Crippen LogP contribution in [-0.2, 0) is 24.2 Å². The number of fused-ring (bicyclic) bond motifs is 1. The number of nitrogens with one attached hydrogen (secondary N) is 1. The molecule has 4 heteroatoms. The normalized spacial score (nSPS) is 25.4. The summed E-state index contributed by atoms with van der Waals surface area (Å²) in [5.41, 5.74) is 7.25. The van der Waals surface area contributed by atoms with E-state index in [9.17, 15) is 4.79 Å². The molecule has 1 heterocycles. The third-order valence-electron chi connectivity index (χ3n) is 3.69. The Balaban J connectivity index is 1.54. The predicted octanol–water partition coefficient (Wildman–Crippen LogP) is 1.76. The largest absolute Gasteiger partial charge is 0.351 e. The van der Waals surface area contributed by atoms with Gasteiger partial charge in [-0.2, -0.15) is 0 Å². The monoisotopic (exact) mass is 262 g/mol. The van der Waals surface area contributed by atoms with Gasteiger partial charge in [-0.15, -0.1) is 11.3 Å². The summed E-state index contributed by atoms with van der Waals surface area (Å²) < 4.78 is 0. The molecule has 2 aliphatic carbocycles. The van der Waals surface area contributed by atoms with Gasteiger partial charge in [0.2, 0.25) is 5.91 Å². The molecule has 0 aliphatic heterocycles. The van der Waals surface area contributed by atoms with Gasteiger partial charge in [-0.05, 0) is 37.3 Å². The first-order valence-electron chi connectivity index (χ1n) is 6.54. The fraction of sp³-hybridized carbons (Fsp3) is 0.500. The first kappa shape index (κ1) is 11.9. The molecule has 1 amide bonds. The van der Waals surface area contributed by atoms with Crippen molar-refractivity contribution in [2.24, 2.45) is 11.7 Å². The zero-order valence-corrected chi connectivity index (χ0v) is 11.1. The van der Waals surface area contributed by atoms with E-state index in [2.05, 4.69) is 11.4 Å². The third-order valence-corrected chi connectivity index (χ3v) is 4.93. The van der Waals surface area contributed by atoms with Crippen molar-refractivity contribution in [3.8, 4) is 0 Å². The molecule has 1 aromatic heterocycles. The standard InChI is InChI=1S/C14H18N2OS/c15-11-5-4-10(6-11)14(17)16-8-12-7-9-2-1-3-13(9)18-12/h4-5,7,10-11H,1-3,6,8,15H2,(H,16,17). The van der Waals surface area contributed by atoms with E-state index in [1.54, 1.807) is 0 Å². The summed E-state index contributed by atoms with van der Waals surface area (Å²) in [6.45, 7) is 0.663. The number of nitrogens with two attached hydrogens (primary N) is 1. The van der Waals surface area contributed by atoms with Crippen molar-refractivity contribution in [3.63, 3.8) is 0 Å². The predicted molar refractivity (Wildman–Crippen MR) is 73.4 cm³/mol. The molecule has 1 aromatic rings. The van der Waals surface area contributed by atoms with Crippen LogP contribution in [0, 0.1) is 5.92 Å². The molecule has 96 valence electrons. The summed E-state index contributed by atoms with van der Waals surface area (Å²) >= 11 is 1.85. The summed E-state index contributed by atoms with van der Waals surface area (Å²) in [6, 6.07) is 2.30. The molecular formula is C14H18N2OS. The molecule has 0 saturated carbocycles. The van der Waals surface area contributed by atoms with Crippen LogP contribution in [0.5, 0.6) is 0 Å². The van der Waals surface area contributed by atoms with Crippen LogP contribution in [-0.4, -0.2) is 11.9 Å². The average molecular weight is 262 g/mol. The second-order valence-electron chi connectivity index (χ2n) is 5.12. The topological polar surface area (TPSA) is 55.1 Å². The van der Waals surface area contributed by atoms with E-state index < -0.39 is 0 Å². The summed E-state index contributed by atoms with van der Waals surface area (Å²) in [5, 5.41) is 3.01. The van der Waals surface area contributed by atoms with Crippen LogP contribution in [0.2, 0.25) is 0 Å². The van der Waals surface area contributed by atoms with Crippen LogP contribution in [0.25, 0.3) is 0 Å². The quantitative estimate of drug-likeness (QED) is 0.816. The molecule has 3 rings (SSSR count). The maximum absolute atomic E-state index is 11.9. The highest BCUT2D eigenvalue weighted by atomic mass is 32.1. The van der Waals surface area contributed by atoms with Crippen LogP contribution in [0.15, 0.2) is 18.2 Å². The van der Waals surface area contributed by atoms with Crippen LogP contribution < -0.4 is 11.1 Å². The molecule has 18 heavy (non-hydrogen) atoms. The molecule has 2 aliphatic rings. The van der Waals surface area contributed by atoms with Crippen LogP contribution in [0.1, 0.15) is 28.2 Å². The Kier molecular flexibility index (Phi) is 3.22. The second kappa shape index (κ2) is 4.86. The van der Waals surface area contributed by atoms with E-state index in [1.165, 1.54) is 34.6 Å². The smallest absolute Gasteiger partial charge is 0.227 e. The Morgan fingerprint density at radius 2 is 2.33 bits per heavy atom. The van der Waals surface area contributed by atoms with Gasteiger partial charge >= 0.3 is 0 Å². The minimum absolute atomic E-state index is 0.0354. The highest BCUT2D eigenvalue weighted by molar-refractivity contribution is 7.12. The lowest BCUT2D eigenvalue weighted by Gasteiger charge is -2.09. The minimum atomic E-state index is -0.0354. The van der Waals surface area contributed by atoms with Gasteiger partial charge in [-0.1, -0.05) is 12.2 Å². The summed E-state index contributed by atoms with van der Waals surface area (Å²) in [6.07, 6.45) is 8.30. The minimum Gasteiger partial charge on any atom is -0.351 e. The molecule has 0 bridgehead atoms. The van der Waals surface area contributed by atoms with Gasteiger partial charge in [0.25, 0.3) is 0 Å². The number of carbonyl (C=O) groups excluding carboxylic acids is 1. The van der Waals surface area contributed by atoms with E-state index in [0.29, 0.717) is 6.54 Å². The maximum atomic E-state index is 11.9. The first-order valence-corrected chi connectivity index (χ1v) is 7.36. The number of aryl methyl sites for hydroxylation is 2. The van der Waals surface area contributed by atoms with E-state index in [0.717, 1.165) is 6.42 Å². The Labute approximate surface area is 111 Å². The van der Waals surface area contributed by atoms with E-state index in [4.69, 9.17) is 5.73 Å². The van der Waals surface area contributed by atoms with E-state index >= 15 is 0 Å². The van der Waals surface area contributed by atoms with Crippen LogP contribution in [0.4, 0.5) is 0 Å². The highest BCUT2D eigenvalue weighted by Gasteiger charge is 2.22. The van der Waals surface area contributed by atoms with Crippen LogP contribution >= 0.6 is 11.3 Å². The van der Waals surface area contributed by atoms with Gasteiger partial charge in [-0.3, -0.25) is 4.79 Å². The fourth-order valence-electron chi connectivity index (χ4n) is 2.70. The highest BCUT2D eigenvalue weighted by Crippen LogP contribution is 2.30. The number of rotatable bonds is 3. The van der Waals surface area contributed by atoms with Gasteiger partial charge in [0, 0.05) is 15.8 Å². The van der Waals surface area contributed by atoms with Gasteiger partial charge in [0.05, 0.1) is 12.5 Å². The zero-order valence-electron chi connectivity index (χ0n) is 10.3. The van der Waals surface area contributed by atoms with Crippen molar-refractivity contribution in [1.29, 1.82) is 0 Å². The summed E-state index contributed by atoms with van der Waals surface area (Å²) in [4.78, 5) is 14.7. The molecule has 0 spiro atoms. The SMILES string of the molecule is NC1C=CC(C(=O)NCc2cc3c(s2)CCC3)C1. The Morgan fingerprint density at radius 3 is 3.06 bits per heavy atom. The Hall–Kier alpha value is -1.13. The molecule has 0 aromatic carbocycles. The van der Waals surface area contributed by atoms with Crippen molar-refractivity contribution in [1.82, 2.24) is 5.32 Å². The molecule has 3 nitrogen and oxygen atoms in total. The first-order chi connectivity index (χ1) is 8.72. The number of hydrogen-bond donors (Lipinski definition) is 2. The van der Waals surface area contributed by atoms with Gasteiger partial charge in [-0.25, -0.2) is 0 Å². The van der Waals surface area contributed by atoms with E-state index in [-0.39, 0.29) is 17.9 Å². The lowest BCUT2D eigenvalue weighted by molar-refractivity contribution is -0.123. The Morgan fingerprint density at radius 1 is 1.44 bits per heavy atom. The summed E-state index contributed by atoms with van der Waals surface area (Å²) in [7, 11) is 0. The lowest BCUT2D eigenvalue weighted by Crippen LogP contribution is -2.30. The second-order valence-corrected chi connectivity index (χ2v) is 6.34. The number of amides is 1. The van der Waals surface area contributed by atoms with Crippen molar-refractivity contribution in [2.75, 3.05) is 0 Å². The van der Waals surface area contributed by atoms with Gasteiger partial charge in [0.1, 0.15) is 0 Å². The molecule has 0 saturated heterocycles. The van der Waals surface area contributed by atoms with Crippen molar-refractivity contribution in [2.45, 2.75) is 38.3 Å². The molecule has 3 N–H and O–H groups in total. The lowest BCUT2D eigenvalue weighted by atomic mass is 10.1. The number of hydrogen-bond acceptors (Lipinski definition) is 3. The molecule has 2 unspecified atom stereocenters. The van der Waals surface area contributed by atoms with Gasteiger partial charge in [0.15, 0.2) is 0 Å². The van der Waals surface area contributed by atoms with Crippen LogP contribution in [0.3, 0.4) is 0 Å². The third kappa shape index (κ3) is 2.35. The van der Waals surface area contributed by atoms with Crippen molar-refractivity contribution < 1.29 is 4.79 Å². The summed E-state index contributed by atoms with van der Waals surface area (Å²) in [5.74, 6) is 0.0690. The number of thiophene rings is 1. The number of carbonyl (C=O) groups is 1. The molecular weight excluding hydrogens is 244 g/mol. The Bertz CT molecular complexity index is 470. The van der Waals surface area contributed by atoms with E-state index in [1.807, 2.05) is 23.5 Å². The molecule has 0 radical (unpaired) electrons. The van der Waals surface area contributed by atoms with Crippen molar-refractivity contribution >= 4 is 17.2 Å². The molecule has 2 atom stereocenters. The molecule has 0 fully saturated rings. The van der Waals surface area contributed by atoms with Gasteiger partial charge < -0.3 is 11.1 Å². The van der Waals surface area contributed by atoms with Crippen molar-refractivity contribution in [3.05, 3.63) is 33.5 Å². The fourth-order valence-corrected chi connectivity index (χ4v) is 3.91. The zero-order chi connectivity index (χ0) is 12.5. The maximum Gasteiger partial charge on any atom is 0.227 e. The average Bonchev–Trinajstić information content (AvgIpc) is 3.00.